The lowest BCUT2D eigenvalue weighted by atomic mass is 9.93. The van der Waals surface area contributed by atoms with Gasteiger partial charge in [0.15, 0.2) is 5.76 Å². The van der Waals surface area contributed by atoms with E-state index in [9.17, 15) is 9.90 Å². The highest BCUT2D eigenvalue weighted by Crippen LogP contribution is 2.42. The lowest BCUT2D eigenvalue weighted by molar-refractivity contribution is -0.149. The van der Waals surface area contributed by atoms with Crippen LogP contribution >= 0.6 is 11.3 Å². The third kappa shape index (κ3) is 4.14. The molecule has 0 saturated carbocycles. The number of nitrogens with zero attached hydrogens (tertiary/aromatic N) is 4. The second-order valence-electron chi connectivity index (χ2n) is 8.28. The Morgan fingerprint density at radius 3 is 2.79 bits per heavy atom. The maximum absolute atomic E-state index is 12.2. The van der Waals surface area contributed by atoms with Gasteiger partial charge in [-0.2, -0.15) is 9.50 Å². The molecular formula is C24H26N4O4S. The van der Waals surface area contributed by atoms with Gasteiger partial charge in [-0.25, -0.2) is 0 Å². The van der Waals surface area contributed by atoms with Crippen LogP contribution in [0.1, 0.15) is 41.8 Å². The van der Waals surface area contributed by atoms with Crippen LogP contribution in [0.2, 0.25) is 0 Å². The number of thiazole rings is 1. The van der Waals surface area contributed by atoms with E-state index >= 15 is 0 Å². The van der Waals surface area contributed by atoms with Gasteiger partial charge in [-0.15, -0.1) is 5.10 Å². The van der Waals surface area contributed by atoms with Gasteiger partial charge in [-0.3, -0.25) is 9.69 Å². The number of likely N-dealkylation sites (tertiary alicyclic amines) is 1. The van der Waals surface area contributed by atoms with Gasteiger partial charge in [0.1, 0.15) is 0 Å². The Morgan fingerprint density at radius 2 is 2.12 bits per heavy atom. The third-order valence-corrected chi connectivity index (χ3v) is 7.13. The minimum Gasteiger partial charge on any atom is -0.492 e. The quantitative estimate of drug-likeness (QED) is 0.420. The topological polar surface area (TPSA) is 93.1 Å². The van der Waals surface area contributed by atoms with Gasteiger partial charge in [0.05, 0.1) is 29.7 Å². The second kappa shape index (κ2) is 8.99. The number of aromatic hydroxyl groups is 1. The first-order valence-corrected chi connectivity index (χ1v) is 12.0. The van der Waals surface area contributed by atoms with E-state index in [2.05, 4.69) is 40.1 Å². The maximum atomic E-state index is 12.2. The molecule has 0 amide bonds. The molecule has 4 aromatic rings. The second-order valence-corrected chi connectivity index (χ2v) is 9.29. The molecular weight excluding hydrogens is 440 g/mol. The summed E-state index contributed by atoms with van der Waals surface area (Å²) in [4.78, 5) is 20.5. The largest absolute Gasteiger partial charge is 0.492 e. The summed E-state index contributed by atoms with van der Waals surface area (Å²) in [6, 6.07) is 11.7. The normalized spacial score (nSPS) is 16.3. The van der Waals surface area contributed by atoms with E-state index in [0.29, 0.717) is 23.2 Å². The summed E-state index contributed by atoms with van der Waals surface area (Å²) in [5.74, 6) is 0.889. The Hall–Kier alpha value is -3.17. The number of aryl methyl sites for hydroxylation is 1. The monoisotopic (exact) mass is 466 g/mol. The number of hydrogen-bond donors (Lipinski definition) is 1. The van der Waals surface area contributed by atoms with Crippen molar-refractivity contribution in [3.63, 3.8) is 0 Å². The summed E-state index contributed by atoms with van der Waals surface area (Å²) in [6.45, 7) is 5.76. The van der Waals surface area contributed by atoms with E-state index < -0.39 is 0 Å². The van der Waals surface area contributed by atoms with Crippen molar-refractivity contribution < 1.29 is 19.1 Å². The van der Waals surface area contributed by atoms with Gasteiger partial charge in [-0.05, 0) is 57.5 Å². The first kappa shape index (κ1) is 21.7. The molecule has 1 N–H and O–H groups in total. The van der Waals surface area contributed by atoms with E-state index in [1.54, 1.807) is 18.4 Å². The number of carbonyl (C=O) groups is 1. The fourth-order valence-corrected chi connectivity index (χ4v) is 5.58. The molecule has 1 saturated heterocycles. The molecule has 8 nitrogen and oxygen atoms in total. The average molecular weight is 467 g/mol. The molecule has 0 bridgehead atoms. The predicted octanol–water partition coefficient (Wildman–Crippen LogP) is 4.43. The summed E-state index contributed by atoms with van der Waals surface area (Å²) < 4.78 is 12.1. The van der Waals surface area contributed by atoms with Crippen LogP contribution in [0.4, 0.5) is 0 Å². The number of ether oxygens (including phenoxy) is 1. The van der Waals surface area contributed by atoms with Crippen molar-refractivity contribution in [1.82, 2.24) is 19.5 Å². The number of hydrogen-bond acceptors (Lipinski definition) is 8. The van der Waals surface area contributed by atoms with Crippen molar-refractivity contribution in [3.05, 3.63) is 58.7 Å². The first-order valence-electron chi connectivity index (χ1n) is 11.1. The van der Waals surface area contributed by atoms with Crippen LogP contribution in [0.3, 0.4) is 0 Å². The number of rotatable bonds is 6. The van der Waals surface area contributed by atoms with Gasteiger partial charge >= 0.3 is 5.97 Å². The number of esters is 1. The molecule has 9 heteroatoms. The van der Waals surface area contributed by atoms with Crippen molar-refractivity contribution in [3.8, 4) is 17.5 Å². The van der Waals surface area contributed by atoms with Crippen molar-refractivity contribution in [1.29, 1.82) is 0 Å². The van der Waals surface area contributed by atoms with Crippen LogP contribution in [0.5, 0.6) is 5.88 Å². The molecule has 4 heterocycles. The number of aromatic nitrogens is 3. The first-order chi connectivity index (χ1) is 16.0. The highest BCUT2D eigenvalue weighted by molar-refractivity contribution is 7.17. The molecule has 1 aliphatic heterocycles. The fourth-order valence-electron chi connectivity index (χ4n) is 4.46. The number of furan rings is 1. The molecule has 0 aliphatic carbocycles. The molecule has 5 rings (SSSR count). The van der Waals surface area contributed by atoms with Crippen molar-refractivity contribution in [2.24, 2.45) is 5.92 Å². The van der Waals surface area contributed by atoms with E-state index in [1.165, 1.54) is 15.9 Å². The van der Waals surface area contributed by atoms with E-state index in [4.69, 9.17) is 9.15 Å². The molecule has 172 valence electrons. The van der Waals surface area contributed by atoms with Gasteiger partial charge in [0.2, 0.25) is 16.7 Å². The standard InChI is InChI=1S/C24H26N4O4S/c1-3-31-23(30)16-9-11-27(12-10-16)19(17-7-4-6-15(2)14-17)20-22(29)28-24(33-20)25-21(26-28)18-8-5-13-32-18/h4-8,13-14,16,19,29H,3,9-12H2,1-2H3. The zero-order valence-corrected chi connectivity index (χ0v) is 19.4. The van der Waals surface area contributed by atoms with Gasteiger partial charge < -0.3 is 14.3 Å². The van der Waals surface area contributed by atoms with Crippen molar-refractivity contribution in [2.45, 2.75) is 32.7 Å². The smallest absolute Gasteiger partial charge is 0.309 e. The lowest BCUT2D eigenvalue weighted by Gasteiger charge is -2.36. The predicted molar refractivity (Wildman–Crippen MR) is 124 cm³/mol. The summed E-state index contributed by atoms with van der Waals surface area (Å²) in [7, 11) is 0. The third-order valence-electron chi connectivity index (χ3n) is 6.06. The minimum absolute atomic E-state index is 0.0777. The summed E-state index contributed by atoms with van der Waals surface area (Å²) in [5.41, 5.74) is 2.24. The number of benzene rings is 1. The van der Waals surface area contributed by atoms with Gasteiger partial charge in [-0.1, -0.05) is 41.2 Å². The molecule has 1 aliphatic rings. The Bertz CT molecular complexity index is 1250. The Labute approximate surface area is 195 Å². The Kier molecular flexibility index (Phi) is 5.90. The van der Waals surface area contributed by atoms with Gasteiger partial charge in [0.25, 0.3) is 0 Å². The van der Waals surface area contributed by atoms with E-state index in [0.717, 1.165) is 41.9 Å². The minimum atomic E-state index is -0.159. The summed E-state index contributed by atoms with van der Waals surface area (Å²) in [5, 5.41) is 15.6. The van der Waals surface area contributed by atoms with Gasteiger partial charge in [0, 0.05) is 0 Å². The summed E-state index contributed by atoms with van der Waals surface area (Å²) in [6.07, 6.45) is 3.03. The lowest BCUT2D eigenvalue weighted by Crippen LogP contribution is -2.39. The fraction of sp³-hybridized carbons (Fsp3) is 0.375. The molecule has 1 unspecified atom stereocenters. The number of piperidine rings is 1. The van der Waals surface area contributed by atoms with Crippen molar-refractivity contribution >= 4 is 22.3 Å². The molecule has 33 heavy (non-hydrogen) atoms. The molecule has 1 aromatic carbocycles. The number of carbonyl (C=O) groups excluding carboxylic acids is 1. The van der Waals surface area contributed by atoms with Crippen LogP contribution < -0.4 is 0 Å². The number of fused-ring (bicyclic) bond motifs is 1. The zero-order chi connectivity index (χ0) is 22.9. The van der Waals surface area contributed by atoms with Crippen LogP contribution in [0.15, 0.2) is 47.1 Å². The average Bonchev–Trinajstić information content (AvgIpc) is 3.54. The Balaban J connectivity index is 1.49. The van der Waals surface area contributed by atoms with E-state index in [-0.39, 0.29) is 23.8 Å². The SMILES string of the molecule is CCOC(=O)C1CCN(C(c2cccc(C)c2)c2sc3nc(-c4ccco4)nn3c2O)CC1. The molecule has 0 spiro atoms. The van der Waals surface area contributed by atoms with Crippen LogP contribution in [-0.2, 0) is 9.53 Å². The molecule has 1 atom stereocenters. The molecule has 0 radical (unpaired) electrons. The highest BCUT2D eigenvalue weighted by atomic mass is 32.1. The maximum Gasteiger partial charge on any atom is 0.309 e. The highest BCUT2D eigenvalue weighted by Gasteiger charge is 2.34. The van der Waals surface area contributed by atoms with Crippen molar-refractivity contribution in [2.75, 3.05) is 19.7 Å². The zero-order valence-electron chi connectivity index (χ0n) is 18.6. The molecule has 1 fully saturated rings. The van der Waals surface area contributed by atoms with Crippen LogP contribution in [0, 0.1) is 12.8 Å². The van der Waals surface area contributed by atoms with Crippen LogP contribution in [0.25, 0.3) is 16.5 Å². The summed E-state index contributed by atoms with van der Waals surface area (Å²) >= 11 is 1.42. The molecule has 3 aromatic heterocycles. The van der Waals surface area contributed by atoms with E-state index in [1.807, 2.05) is 13.0 Å². The van der Waals surface area contributed by atoms with Crippen LogP contribution in [-0.4, -0.2) is 50.3 Å². The Morgan fingerprint density at radius 1 is 1.30 bits per heavy atom.